The van der Waals surface area contributed by atoms with E-state index < -0.39 is 0 Å². The maximum Gasteiger partial charge on any atom is 0.148 e. The van der Waals surface area contributed by atoms with Crippen LogP contribution in [-0.2, 0) is 9.47 Å². The second-order valence-electron chi connectivity index (χ2n) is 5.52. The molecule has 2 aliphatic heterocycles. The van der Waals surface area contributed by atoms with Gasteiger partial charge in [0.05, 0.1) is 13.2 Å². The summed E-state index contributed by atoms with van der Waals surface area (Å²) in [5.74, 6) is 0. The van der Waals surface area contributed by atoms with Crippen molar-refractivity contribution in [3.05, 3.63) is 0 Å². The summed E-state index contributed by atoms with van der Waals surface area (Å²) in [5, 5.41) is 6.80. The molecule has 0 amide bonds. The molecule has 0 aromatic carbocycles. The van der Waals surface area contributed by atoms with Crippen LogP contribution < -0.4 is 10.6 Å². The third-order valence-corrected chi connectivity index (χ3v) is 2.59. The molecule has 2 heterocycles. The van der Waals surface area contributed by atoms with E-state index in [4.69, 9.17) is 9.47 Å². The average molecular weight is 200 g/mol. The van der Waals surface area contributed by atoms with E-state index in [0.717, 1.165) is 13.2 Å². The van der Waals surface area contributed by atoms with Crippen LogP contribution in [0.25, 0.3) is 0 Å². The number of hydrogen-bond acceptors (Lipinski definition) is 4. The lowest BCUT2D eigenvalue weighted by atomic mass is 10.1. The Morgan fingerprint density at radius 3 is 1.43 bits per heavy atom. The Morgan fingerprint density at radius 2 is 1.21 bits per heavy atom. The molecule has 2 fully saturated rings. The highest BCUT2D eigenvalue weighted by Crippen LogP contribution is 2.22. The highest BCUT2D eigenvalue weighted by molar-refractivity contribution is 4.93. The largest absolute Gasteiger partial charge is 0.357 e. The van der Waals surface area contributed by atoms with E-state index in [1.807, 2.05) is 0 Å². The zero-order valence-electron chi connectivity index (χ0n) is 9.39. The molecule has 4 heteroatoms. The predicted octanol–water partition coefficient (Wildman–Crippen LogP) is 0.435. The molecule has 2 atom stereocenters. The minimum Gasteiger partial charge on any atom is -0.357 e. The molecule has 2 saturated heterocycles. The molecule has 0 bridgehead atoms. The Bertz CT molecular complexity index is 204. The van der Waals surface area contributed by atoms with Crippen LogP contribution in [0.2, 0.25) is 0 Å². The van der Waals surface area contributed by atoms with Crippen molar-refractivity contribution < 1.29 is 9.47 Å². The molecule has 0 spiro atoms. The Morgan fingerprint density at radius 1 is 0.857 bits per heavy atom. The van der Waals surface area contributed by atoms with Crippen molar-refractivity contribution in [1.29, 1.82) is 0 Å². The van der Waals surface area contributed by atoms with Crippen LogP contribution in [-0.4, -0.2) is 36.7 Å². The highest BCUT2D eigenvalue weighted by Gasteiger charge is 2.41. The molecule has 0 saturated carbocycles. The Balaban J connectivity index is 1.93. The molecule has 82 valence electrons. The molecule has 0 aliphatic carbocycles. The molecule has 2 N–H and O–H groups in total. The lowest BCUT2D eigenvalue weighted by Gasteiger charge is -2.23. The molecule has 4 nitrogen and oxygen atoms in total. The maximum absolute atomic E-state index is 5.65. The van der Waals surface area contributed by atoms with Crippen molar-refractivity contribution in [1.82, 2.24) is 10.6 Å². The molecule has 2 rings (SSSR count). The summed E-state index contributed by atoms with van der Waals surface area (Å²) >= 11 is 0. The molecular weight excluding hydrogens is 180 g/mol. The van der Waals surface area contributed by atoms with Gasteiger partial charge in [0.25, 0.3) is 0 Å². The third kappa shape index (κ3) is 2.08. The van der Waals surface area contributed by atoms with Gasteiger partial charge in [0.2, 0.25) is 0 Å². The second kappa shape index (κ2) is 3.17. The van der Waals surface area contributed by atoms with E-state index in [0.29, 0.717) is 0 Å². The van der Waals surface area contributed by atoms with Crippen LogP contribution in [0.4, 0.5) is 0 Å². The first-order valence-electron chi connectivity index (χ1n) is 5.17. The molecule has 14 heavy (non-hydrogen) atoms. The molecule has 0 aromatic heterocycles. The minimum atomic E-state index is -0.0215. The molecule has 0 aromatic rings. The van der Waals surface area contributed by atoms with Gasteiger partial charge in [-0.3, -0.25) is 10.6 Å². The van der Waals surface area contributed by atoms with E-state index in [1.54, 1.807) is 0 Å². The predicted molar refractivity (Wildman–Crippen MR) is 53.9 cm³/mol. The monoisotopic (exact) mass is 200 g/mol. The van der Waals surface area contributed by atoms with Crippen LogP contribution in [0, 0.1) is 0 Å². The summed E-state index contributed by atoms with van der Waals surface area (Å²) in [5.41, 5.74) is 0.116. The van der Waals surface area contributed by atoms with Crippen molar-refractivity contribution in [3.8, 4) is 0 Å². The summed E-state index contributed by atoms with van der Waals surface area (Å²) in [6.45, 7) is 10.00. The van der Waals surface area contributed by atoms with Gasteiger partial charge in [0, 0.05) is 11.1 Å². The topological polar surface area (TPSA) is 42.5 Å². The van der Waals surface area contributed by atoms with Crippen molar-refractivity contribution in [2.24, 2.45) is 0 Å². The SMILES string of the molecule is CC1(C)CO[C@H]([C@H]2NC(C)(C)CO2)N1. The average Bonchev–Trinajstić information content (AvgIpc) is 2.54. The van der Waals surface area contributed by atoms with Gasteiger partial charge in [-0.1, -0.05) is 0 Å². The van der Waals surface area contributed by atoms with Crippen molar-refractivity contribution in [2.45, 2.75) is 51.2 Å². The fourth-order valence-electron chi connectivity index (χ4n) is 1.86. The fourth-order valence-corrected chi connectivity index (χ4v) is 1.86. The van der Waals surface area contributed by atoms with Gasteiger partial charge < -0.3 is 9.47 Å². The van der Waals surface area contributed by atoms with Crippen LogP contribution in [0.3, 0.4) is 0 Å². The summed E-state index contributed by atoms with van der Waals surface area (Å²) in [7, 11) is 0. The van der Waals surface area contributed by atoms with Gasteiger partial charge >= 0.3 is 0 Å². The van der Waals surface area contributed by atoms with Crippen LogP contribution in [0.1, 0.15) is 27.7 Å². The van der Waals surface area contributed by atoms with Crippen LogP contribution in [0.15, 0.2) is 0 Å². The zero-order valence-corrected chi connectivity index (χ0v) is 9.39. The van der Waals surface area contributed by atoms with E-state index in [-0.39, 0.29) is 23.5 Å². The normalized spacial score (nSPS) is 40.3. The lowest BCUT2D eigenvalue weighted by Crippen LogP contribution is -2.51. The summed E-state index contributed by atoms with van der Waals surface area (Å²) in [6, 6.07) is 0. The van der Waals surface area contributed by atoms with Gasteiger partial charge in [-0.05, 0) is 27.7 Å². The first-order valence-corrected chi connectivity index (χ1v) is 5.17. The smallest absolute Gasteiger partial charge is 0.148 e. The van der Waals surface area contributed by atoms with E-state index in [1.165, 1.54) is 0 Å². The van der Waals surface area contributed by atoms with E-state index in [9.17, 15) is 0 Å². The van der Waals surface area contributed by atoms with Gasteiger partial charge in [-0.25, -0.2) is 0 Å². The zero-order chi connectivity index (χ0) is 10.4. The molecule has 0 radical (unpaired) electrons. The molecule has 0 unspecified atom stereocenters. The first-order chi connectivity index (χ1) is 6.38. The van der Waals surface area contributed by atoms with Crippen LogP contribution >= 0.6 is 0 Å². The van der Waals surface area contributed by atoms with Gasteiger partial charge in [-0.15, -0.1) is 0 Å². The first kappa shape index (κ1) is 10.4. The second-order valence-corrected chi connectivity index (χ2v) is 5.52. The standard InChI is InChI=1S/C10H20N2O2/c1-9(2)5-13-7(11-9)8-12-10(3,4)6-14-8/h7-8,11-12H,5-6H2,1-4H3/t7-,8+. The number of ether oxygens (including phenoxy) is 2. The fraction of sp³-hybridized carbons (Fsp3) is 1.00. The summed E-state index contributed by atoms with van der Waals surface area (Å²) < 4.78 is 11.3. The summed E-state index contributed by atoms with van der Waals surface area (Å²) in [6.07, 6.45) is -0.0430. The van der Waals surface area contributed by atoms with Gasteiger partial charge in [0.1, 0.15) is 12.5 Å². The Kier molecular flexibility index (Phi) is 2.34. The number of rotatable bonds is 1. The molecular formula is C10H20N2O2. The third-order valence-electron chi connectivity index (χ3n) is 2.59. The highest BCUT2D eigenvalue weighted by atomic mass is 16.6. The lowest BCUT2D eigenvalue weighted by molar-refractivity contribution is -0.0344. The van der Waals surface area contributed by atoms with E-state index in [2.05, 4.69) is 38.3 Å². The van der Waals surface area contributed by atoms with Gasteiger partial charge in [-0.2, -0.15) is 0 Å². The van der Waals surface area contributed by atoms with Crippen molar-refractivity contribution >= 4 is 0 Å². The maximum atomic E-state index is 5.65. The quantitative estimate of drug-likeness (QED) is 0.644. The Hall–Kier alpha value is -0.160. The van der Waals surface area contributed by atoms with Crippen LogP contribution in [0.5, 0.6) is 0 Å². The van der Waals surface area contributed by atoms with E-state index >= 15 is 0 Å². The number of nitrogens with one attached hydrogen (secondary N) is 2. The summed E-state index contributed by atoms with van der Waals surface area (Å²) in [4.78, 5) is 0. The van der Waals surface area contributed by atoms with Crippen molar-refractivity contribution in [3.63, 3.8) is 0 Å². The minimum absolute atomic E-state index is 0.0215. The molecule has 2 aliphatic rings. The number of hydrogen-bond donors (Lipinski definition) is 2. The Labute approximate surface area is 85.3 Å². The van der Waals surface area contributed by atoms with Gasteiger partial charge in [0.15, 0.2) is 0 Å². The van der Waals surface area contributed by atoms with Crippen molar-refractivity contribution in [2.75, 3.05) is 13.2 Å².